The topological polar surface area (TPSA) is 52.0 Å². The van der Waals surface area contributed by atoms with Crippen molar-refractivity contribution < 1.29 is 0 Å². The van der Waals surface area contributed by atoms with E-state index in [1.807, 2.05) is 30.3 Å². The molecule has 0 heterocycles. The van der Waals surface area contributed by atoms with Crippen molar-refractivity contribution in [2.24, 2.45) is 11.5 Å². The molecule has 1 aromatic carbocycles. The van der Waals surface area contributed by atoms with Gasteiger partial charge in [0.15, 0.2) is 0 Å². The van der Waals surface area contributed by atoms with Gasteiger partial charge < -0.3 is 11.5 Å². The summed E-state index contributed by atoms with van der Waals surface area (Å²) in [6, 6.07) is 10.0. The molecule has 0 aliphatic heterocycles. The molecular formula is C12H20N2. The lowest BCUT2D eigenvalue weighted by molar-refractivity contribution is 0.325. The van der Waals surface area contributed by atoms with Gasteiger partial charge in [-0.1, -0.05) is 44.2 Å². The van der Waals surface area contributed by atoms with Gasteiger partial charge in [-0.2, -0.15) is 0 Å². The molecule has 0 aliphatic rings. The number of rotatable bonds is 4. The first-order chi connectivity index (χ1) is 6.64. The fourth-order valence-electron chi connectivity index (χ4n) is 1.68. The molecule has 1 rings (SSSR count). The average Bonchev–Trinajstić information content (AvgIpc) is 2.28. The zero-order valence-corrected chi connectivity index (χ0v) is 9.03. The van der Waals surface area contributed by atoms with Gasteiger partial charge in [0.2, 0.25) is 0 Å². The zero-order chi connectivity index (χ0) is 10.6. The quantitative estimate of drug-likeness (QED) is 0.768. The fourth-order valence-corrected chi connectivity index (χ4v) is 1.68. The molecule has 2 nitrogen and oxygen atoms in total. The van der Waals surface area contributed by atoms with Crippen molar-refractivity contribution in [2.45, 2.75) is 38.3 Å². The third-order valence-electron chi connectivity index (χ3n) is 3.09. The van der Waals surface area contributed by atoms with E-state index in [1.54, 1.807) is 0 Å². The van der Waals surface area contributed by atoms with E-state index in [0.29, 0.717) is 0 Å². The molecule has 0 aliphatic carbocycles. The lowest BCUT2D eigenvalue weighted by Crippen LogP contribution is -2.48. The fraction of sp³-hybridized carbons (Fsp3) is 0.500. The molecule has 0 bridgehead atoms. The van der Waals surface area contributed by atoms with Gasteiger partial charge >= 0.3 is 0 Å². The largest absolute Gasteiger partial charge is 0.324 e. The lowest BCUT2D eigenvalue weighted by atomic mass is 9.82. The molecule has 78 valence electrons. The Morgan fingerprint density at radius 2 is 1.64 bits per heavy atom. The first kappa shape index (κ1) is 11.2. The van der Waals surface area contributed by atoms with Crippen molar-refractivity contribution in [1.82, 2.24) is 0 Å². The highest BCUT2D eigenvalue weighted by Gasteiger charge is 2.29. The molecule has 1 atom stereocenters. The van der Waals surface area contributed by atoms with Crippen LogP contribution >= 0.6 is 0 Å². The number of hydrogen-bond donors (Lipinski definition) is 2. The highest BCUT2D eigenvalue weighted by Crippen LogP contribution is 2.26. The van der Waals surface area contributed by atoms with Crippen LogP contribution in [0.5, 0.6) is 0 Å². The summed E-state index contributed by atoms with van der Waals surface area (Å²) in [5.41, 5.74) is 13.3. The molecule has 0 saturated carbocycles. The summed E-state index contributed by atoms with van der Waals surface area (Å²) in [5.74, 6) is 0. The minimum atomic E-state index is -0.276. The summed E-state index contributed by atoms with van der Waals surface area (Å²) in [4.78, 5) is 0. The van der Waals surface area contributed by atoms with Gasteiger partial charge in [0.1, 0.15) is 0 Å². The minimum Gasteiger partial charge on any atom is -0.324 e. The monoisotopic (exact) mass is 192 g/mol. The molecule has 1 aromatic rings. The summed E-state index contributed by atoms with van der Waals surface area (Å²) in [5, 5.41) is 0. The predicted molar refractivity (Wildman–Crippen MR) is 60.9 cm³/mol. The number of benzene rings is 1. The van der Waals surface area contributed by atoms with Crippen LogP contribution in [0, 0.1) is 0 Å². The summed E-state index contributed by atoms with van der Waals surface area (Å²) in [6.45, 7) is 4.18. The molecule has 2 heteroatoms. The van der Waals surface area contributed by atoms with Crippen molar-refractivity contribution in [3.05, 3.63) is 35.9 Å². The standard InChI is InChI=1S/C12H20N2/c1-3-12(14,4-2)11(13)10-8-6-5-7-9-10/h5-9,11H,3-4,13-14H2,1-2H3. The third-order valence-corrected chi connectivity index (χ3v) is 3.09. The molecule has 0 aromatic heterocycles. The molecular weight excluding hydrogens is 172 g/mol. The van der Waals surface area contributed by atoms with Crippen LogP contribution in [0.1, 0.15) is 38.3 Å². The van der Waals surface area contributed by atoms with Crippen molar-refractivity contribution in [3.8, 4) is 0 Å². The summed E-state index contributed by atoms with van der Waals surface area (Å²) < 4.78 is 0. The molecule has 1 unspecified atom stereocenters. The Morgan fingerprint density at radius 1 is 1.14 bits per heavy atom. The van der Waals surface area contributed by atoms with Crippen LogP contribution in [0.4, 0.5) is 0 Å². The van der Waals surface area contributed by atoms with Crippen LogP contribution in [0.25, 0.3) is 0 Å². The molecule has 0 radical (unpaired) electrons. The summed E-state index contributed by atoms with van der Waals surface area (Å²) in [6.07, 6.45) is 1.80. The SMILES string of the molecule is CCC(N)(CC)C(N)c1ccccc1. The van der Waals surface area contributed by atoms with Crippen LogP contribution in [0.2, 0.25) is 0 Å². The van der Waals surface area contributed by atoms with Crippen molar-refractivity contribution in [3.63, 3.8) is 0 Å². The Morgan fingerprint density at radius 3 is 2.07 bits per heavy atom. The second-order valence-electron chi connectivity index (χ2n) is 3.83. The normalized spacial score (nSPS) is 14.0. The van der Waals surface area contributed by atoms with Crippen LogP contribution in [0.15, 0.2) is 30.3 Å². The molecule has 0 spiro atoms. The van der Waals surface area contributed by atoms with Crippen molar-refractivity contribution in [2.75, 3.05) is 0 Å². The Bertz CT molecular complexity index is 265. The predicted octanol–water partition coefficient (Wildman–Crippen LogP) is 2.20. The summed E-state index contributed by atoms with van der Waals surface area (Å²) in [7, 11) is 0. The van der Waals surface area contributed by atoms with Gasteiger partial charge in [-0.25, -0.2) is 0 Å². The van der Waals surface area contributed by atoms with E-state index in [-0.39, 0.29) is 11.6 Å². The van der Waals surface area contributed by atoms with Gasteiger partial charge in [-0.15, -0.1) is 0 Å². The average molecular weight is 192 g/mol. The Kier molecular flexibility index (Phi) is 3.67. The smallest absolute Gasteiger partial charge is 0.0477 e. The highest BCUT2D eigenvalue weighted by atomic mass is 14.8. The molecule has 0 fully saturated rings. The van der Waals surface area contributed by atoms with Gasteiger partial charge in [0.05, 0.1) is 0 Å². The van der Waals surface area contributed by atoms with Gasteiger partial charge in [0, 0.05) is 11.6 Å². The van der Waals surface area contributed by atoms with E-state index >= 15 is 0 Å². The van der Waals surface area contributed by atoms with Crippen LogP contribution in [0.3, 0.4) is 0 Å². The number of hydrogen-bond acceptors (Lipinski definition) is 2. The lowest BCUT2D eigenvalue weighted by Gasteiger charge is -2.33. The number of nitrogens with two attached hydrogens (primary N) is 2. The van der Waals surface area contributed by atoms with Gasteiger partial charge in [-0.05, 0) is 18.4 Å². The van der Waals surface area contributed by atoms with E-state index in [9.17, 15) is 0 Å². The first-order valence-corrected chi connectivity index (χ1v) is 5.23. The minimum absolute atomic E-state index is 0.0706. The van der Waals surface area contributed by atoms with Crippen LogP contribution in [-0.4, -0.2) is 5.54 Å². The van der Waals surface area contributed by atoms with Crippen LogP contribution < -0.4 is 11.5 Å². The maximum Gasteiger partial charge on any atom is 0.0477 e. The van der Waals surface area contributed by atoms with E-state index in [1.165, 1.54) is 0 Å². The molecule has 4 N–H and O–H groups in total. The highest BCUT2D eigenvalue weighted by molar-refractivity contribution is 5.22. The van der Waals surface area contributed by atoms with Crippen molar-refractivity contribution >= 4 is 0 Å². The second-order valence-corrected chi connectivity index (χ2v) is 3.83. The van der Waals surface area contributed by atoms with E-state index < -0.39 is 0 Å². The summed E-state index contributed by atoms with van der Waals surface area (Å²) >= 11 is 0. The molecule has 0 amide bonds. The third kappa shape index (κ3) is 2.14. The Labute approximate surface area is 86.3 Å². The van der Waals surface area contributed by atoms with E-state index in [4.69, 9.17) is 11.5 Å². The molecule has 14 heavy (non-hydrogen) atoms. The van der Waals surface area contributed by atoms with E-state index in [2.05, 4.69) is 13.8 Å². The maximum absolute atomic E-state index is 6.25. The Hall–Kier alpha value is -0.860. The first-order valence-electron chi connectivity index (χ1n) is 5.23. The maximum atomic E-state index is 6.25. The van der Waals surface area contributed by atoms with E-state index in [0.717, 1.165) is 18.4 Å². The van der Waals surface area contributed by atoms with Crippen molar-refractivity contribution in [1.29, 1.82) is 0 Å². The molecule has 0 saturated heterocycles. The Balaban J connectivity index is 2.89. The zero-order valence-electron chi connectivity index (χ0n) is 9.03. The van der Waals surface area contributed by atoms with Crippen LogP contribution in [-0.2, 0) is 0 Å². The van der Waals surface area contributed by atoms with Gasteiger partial charge in [-0.3, -0.25) is 0 Å². The second kappa shape index (κ2) is 4.58. The van der Waals surface area contributed by atoms with Gasteiger partial charge in [0.25, 0.3) is 0 Å².